The number of hydrogen-bond acceptors (Lipinski definition) is 1. The summed E-state index contributed by atoms with van der Waals surface area (Å²) in [7, 11) is 0. The van der Waals surface area contributed by atoms with Gasteiger partial charge in [-0.05, 0) is 31.1 Å². The van der Waals surface area contributed by atoms with Crippen LogP contribution in [0.5, 0.6) is 0 Å². The number of aliphatic hydroxyl groups excluding tert-OH is 1. The van der Waals surface area contributed by atoms with Crippen molar-refractivity contribution in [3.8, 4) is 0 Å². The van der Waals surface area contributed by atoms with Gasteiger partial charge in [-0.2, -0.15) is 0 Å². The fourth-order valence-corrected chi connectivity index (χ4v) is 2.97. The van der Waals surface area contributed by atoms with Gasteiger partial charge in [0.15, 0.2) is 0 Å². The number of aliphatic hydroxyl groups is 1. The number of unbranched alkanes of at least 4 members (excludes halogenated alkanes) is 2. The van der Waals surface area contributed by atoms with E-state index in [0.29, 0.717) is 0 Å². The molecule has 90 valence electrons. The lowest BCUT2D eigenvalue weighted by atomic mass is 9.73. The summed E-state index contributed by atoms with van der Waals surface area (Å²) in [6, 6.07) is 0. The predicted octanol–water partition coefficient (Wildman–Crippen LogP) is 4.14. The van der Waals surface area contributed by atoms with Crippen LogP contribution in [0.25, 0.3) is 0 Å². The lowest BCUT2D eigenvalue weighted by Crippen LogP contribution is -2.27. The average Bonchev–Trinajstić information content (AvgIpc) is 2.25. The van der Waals surface area contributed by atoms with Crippen molar-refractivity contribution in [3.05, 3.63) is 0 Å². The summed E-state index contributed by atoms with van der Waals surface area (Å²) >= 11 is 0. The third kappa shape index (κ3) is 4.55. The summed E-state index contributed by atoms with van der Waals surface area (Å²) in [5.41, 5.74) is 0. The molecule has 0 aromatic carbocycles. The summed E-state index contributed by atoms with van der Waals surface area (Å²) in [6.45, 7) is 4.54. The fraction of sp³-hybridized carbons (Fsp3) is 1.00. The van der Waals surface area contributed by atoms with E-state index in [-0.39, 0.29) is 6.10 Å². The molecule has 0 bridgehead atoms. The molecular weight excluding hydrogens is 184 g/mol. The zero-order valence-corrected chi connectivity index (χ0v) is 10.5. The van der Waals surface area contributed by atoms with Gasteiger partial charge >= 0.3 is 0 Å². The van der Waals surface area contributed by atoms with Crippen LogP contribution in [0.15, 0.2) is 0 Å². The summed E-state index contributed by atoms with van der Waals surface area (Å²) in [4.78, 5) is 0. The molecular formula is C14H28O. The molecule has 0 heterocycles. The topological polar surface area (TPSA) is 20.2 Å². The van der Waals surface area contributed by atoms with Crippen LogP contribution >= 0.6 is 0 Å². The molecule has 0 radical (unpaired) electrons. The van der Waals surface area contributed by atoms with Crippen molar-refractivity contribution in [1.29, 1.82) is 0 Å². The zero-order chi connectivity index (χ0) is 11.1. The lowest BCUT2D eigenvalue weighted by molar-refractivity contribution is 0.0603. The molecule has 1 aliphatic carbocycles. The van der Waals surface area contributed by atoms with Crippen LogP contribution in [-0.4, -0.2) is 11.2 Å². The molecule has 15 heavy (non-hydrogen) atoms. The quantitative estimate of drug-likeness (QED) is 0.701. The van der Waals surface area contributed by atoms with E-state index in [1.54, 1.807) is 0 Å². The Morgan fingerprint density at radius 3 is 2.13 bits per heavy atom. The molecule has 3 unspecified atom stereocenters. The second-order valence-corrected chi connectivity index (χ2v) is 5.27. The molecule has 1 N–H and O–H groups in total. The summed E-state index contributed by atoms with van der Waals surface area (Å²) in [5, 5.41) is 9.72. The van der Waals surface area contributed by atoms with Crippen LogP contribution in [0.4, 0.5) is 0 Å². The van der Waals surface area contributed by atoms with Crippen LogP contribution in [0.3, 0.4) is 0 Å². The predicted molar refractivity (Wildman–Crippen MR) is 65.9 cm³/mol. The van der Waals surface area contributed by atoms with Crippen LogP contribution in [0.2, 0.25) is 0 Å². The Hall–Kier alpha value is -0.0400. The molecule has 0 aliphatic heterocycles. The van der Waals surface area contributed by atoms with E-state index in [1.807, 2.05) is 0 Å². The van der Waals surface area contributed by atoms with E-state index in [2.05, 4.69) is 13.8 Å². The van der Waals surface area contributed by atoms with E-state index < -0.39 is 0 Å². The molecule has 1 fully saturated rings. The summed E-state index contributed by atoms with van der Waals surface area (Å²) < 4.78 is 0. The van der Waals surface area contributed by atoms with Gasteiger partial charge in [0.25, 0.3) is 0 Å². The Bertz CT molecular complexity index is 153. The molecule has 0 amide bonds. The van der Waals surface area contributed by atoms with Gasteiger partial charge in [0.2, 0.25) is 0 Å². The second kappa shape index (κ2) is 7.27. The minimum absolute atomic E-state index is 0.00438. The SMILES string of the molecule is CCCCC1CCC(O)CC1CCCC. The van der Waals surface area contributed by atoms with Crippen LogP contribution < -0.4 is 0 Å². The Labute approximate surface area is 95.3 Å². The molecule has 0 aromatic rings. The van der Waals surface area contributed by atoms with Gasteiger partial charge in [0, 0.05) is 0 Å². The maximum absolute atomic E-state index is 9.72. The molecule has 0 saturated heterocycles. The van der Waals surface area contributed by atoms with Gasteiger partial charge in [-0.25, -0.2) is 0 Å². The van der Waals surface area contributed by atoms with Crippen LogP contribution in [0, 0.1) is 11.8 Å². The highest BCUT2D eigenvalue weighted by Gasteiger charge is 2.28. The molecule has 1 aliphatic rings. The number of hydrogen-bond donors (Lipinski definition) is 1. The normalized spacial score (nSPS) is 31.8. The monoisotopic (exact) mass is 212 g/mol. The number of rotatable bonds is 6. The first-order chi connectivity index (χ1) is 7.27. The highest BCUT2D eigenvalue weighted by atomic mass is 16.3. The van der Waals surface area contributed by atoms with Crippen molar-refractivity contribution in [1.82, 2.24) is 0 Å². The fourth-order valence-electron chi connectivity index (χ4n) is 2.97. The highest BCUT2D eigenvalue weighted by molar-refractivity contribution is 4.79. The third-order valence-electron chi connectivity index (χ3n) is 3.97. The van der Waals surface area contributed by atoms with Gasteiger partial charge in [-0.15, -0.1) is 0 Å². The van der Waals surface area contributed by atoms with Crippen molar-refractivity contribution in [2.75, 3.05) is 0 Å². The van der Waals surface area contributed by atoms with Gasteiger partial charge in [-0.3, -0.25) is 0 Å². The van der Waals surface area contributed by atoms with E-state index in [1.165, 1.54) is 44.9 Å². The standard InChI is InChI=1S/C14H28O/c1-3-5-7-12-9-10-14(15)11-13(12)8-6-4-2/h12-15H,3-11H2,1-2H3. The molecule has 1 rings (SSSR count). The van der Waals surface area contributed by atoms with Crippen LogP contribution in [-0.2, 0) is 0 Å². The highest BCUT2D eigenvalue weighted by Crippen LogP contribution is 2.36. The van der Waals surface area contributed by atoms with E-state index in [4.69, 9.17) is 0 Å². The average molecular weight is 212 g/mol. The molecule has 0 aromatic heterocycles. The third-order valence-corrected chi connectivity index (χ3v) is 3.97. The van der Waals surface area contributed by atoms with Crippen molar-refractivity contribution in [2.24, 2.45) is 11.8 Å². The zero-order valence-electron chi connectivity index (χ0n) is 10.5. The van der Waals surface area contributed by atoms with Crippen LogP contribution in [0.1, 0.15) is 71.6 Å². The van der Waals surface area contributed by atoms with Crippen molar-refractivity contribution < 1.29 is 5.11 Å². The Balaban J connectivity index is 2.35. The first kappa shape index (κ1) is 13.0. The first-order valence-electron chi connectivity index (χ1n) is 6.96. The van der Waals surface area contributed by atoms with Gasteiger partial charge in [0.05, 0.1) is 6.10 Å². The largest absolute Gasteiger partial charge is 0.393 e. The van der Waals surface area contributed by atoms with Crippen molar-refractivity contribution in [2.45, 2.75) is 77.7 Å². The van der Waals surface area contributed by atoms with Gasteiger partial charge in [-0.1, -0.05) is 52.4 Å². The molecule has 0 spiro atoms. The van der Waals surface area contributed by atoms with Gasteiger partial charge < -0.3 is 5.11 Å². The Morgan fingerprint density at radius 1 is 0.933 bits per heavy atom. The van der Waals surface area contributed by atoms with E-state index in [0.717, 1.165) is 24.7 Å². The molecule has 1 saturated carbocycles. The molecule has 1 nitrogen and oxygen atoms in total. The van der Waals surface area contributed by atoms with Crippen molar-refractivity contribution >= 4 is 0 Å². The maximum atomic E-state index is 9.72. The Morgan fingerprint density at radius 2 is 1.53 bits per heavy atom. The van der Waals surface area contributed by atoms with E-state index in [9.17, 15) is 5.11 Å². The van der Waals surface area contributed by atoms with Crippen molar-refractivity contribution in [3.63, 3.8) is 0 Å². The van der Waals surface area contributed by atoms with E-state index >= 15 is 0 Å². The summed E-state index contributed by atoms with van der Waals surface area (Å²) in [5.74, 6) is 1.74. The minimum Gasteiger partial charge on any atom is -0.393 e. The van der Waals surface area contributed by atoms with Gasteiger partial charge in [0.1, 0.15) is 0 Å². The minimum atomic E-state index is 0.00438. The lowest BCUT2D eigenvalue weighted by Gasteiger charge is -2.34. The second-order valence-electron chi connectivity index (χ2n) is 5.27. The first-order valence-corrected chi connectivity index (χ1v) is 6.96. The molecule has 3 atom stereocenters. The Kier molecular flexibility index (Phi) is 6.31. The smallest absolute Gasteiger partial charge is 0.0543 e. The molecule has 1 heteroatoms. The summed E-state index contributed by atoms with van der Waals surface area (Å²) in [6.07, 6.45) is 11.5. The maximum Gasteiger partial charge on any atom is 0.0543 e.